The Morgan fingerprint density at radius 3 is 1.88 bits per heavy atom. The van der Waals surface area contributed by atoms with Gasteiger partial charge >= 0.3 is 29.8 Å². The molecule has 1 aliphatic rings. The minimum atomic E-state index is -1.39. The summed E-state index contributed by atoms with van der Waals surface area (Å²) in [5, 5.41) is 0. The fourth-order valence-electron chi connectivity index (χ4n) is 4.12. The maximum atomic E-state index is 12.1. The topological polar surface area (TPSA) is 150 Å². The Balaban J connectivity index is 2.03. The van der Waals surface area contributed by atoms with Gasteiger partial charge in [0.1, 0.15) is 18.5 Å². The van der Waals surface area contributed by atoms with Crippen LogP contribution in [0.3, 0.4) is 0 Å². The second-order valence-electron chi connectivity index (χ2n) is 8.75. The van der Waals surface area contributed by atoms with E-state index < -0.39 is 60.6 Å². The van der Waals surface area contributed by atoms with Gasteiger partial charge in [-0.15, -0.1) is 0 Å². The summed E-state index contributed by atoms with van der Waals surface area (Å²) in [6, 6.07) is 13.4. The summed E-state index contributed by atoms with van der Waals surface area (Å²) in [5.41, 5.74) is 1.62. The van der Waals surface area contributed by atoms with E-state index in [1.54, 1.807) is 48.5 Å². The lowest BCUT2D eigenvalue weighted by Gasteiger charge is -2.44. The maximum Gasteiger partial charge on any atom is 0.337 e. The molecule has 2 aromatic rings. The first-order chi connectivity index (χ1) is 19.0. The first-order valence-corrected chi connectivity index (χ1v) is 12.2. The van der Waals surface area contributed by atoms with Gasteiger partial charge in [0.05, 0.1) is 12.7 Å². The van der Waals surface area contributed by atoms with Crippen LogP contribution in [0.4, 0.5) is 0 Å². The number of ether oxygens (including phenoxy) is 7. The van der Waals surface area contributed by atoms with Crippen molar-refractivity contribution < 1.29 is 57.1 Å². The molecule has 0 spiro atoms. The van der Waals surface area contributed by atoms with E-state index in [1.807, 2.05) is 0 Å². The molecule has 1 fully saturated rings. The minimum Gasteiger partial charge on any atom is -0.465 e. The third kappa shape index (κ3) is 7.79. The highest BCUT2D eigenvalue weighted by Crippen LogP contribution is 2.35. The highest BCUT2D eigenvalue weighted by Gasteiger charge is 2.53. The van der Waals surface area contributed by atoms with E-state index in [0.29, 0.717) is 16.7 Å². The zero-order valence-corrected chi connectivity index (χ0v) is 22.6. The van der Waals surface area contributed by atoms with E-state index >= 15 is 0 Å². The molecule has 5 atom stereocenters. The molecular weight excluding hydrogens is 528 g/mol. The lowest BCUT2D eigenvalue weighted by Crippen LogP contribution is -2.63. The van der Waals surface area contributed by atoms with Gasteiger partial charge in [-0.1, -0.05) is 30.3 Å². The van der Waals surface area contributed by atoms with Gasteiger partial charge in [0, 0.05) is 33.3 Å². The molecule has 0 aromatic heterocycles. The lowest BCUT2D eigenvalue weighted by atomic mass is 9.97. The Labute approximate surface area is 230 Å². The molecule has 0 saturated carbocycles. The second-order valence-corrected chi connectivity index (χ2v) is 8.75. The van der Waals surface area contributed by atoms with E-state index in [1.165, 1.54) is 14.0 Å². The van der Waals surface area contributed by atoms with Gasteiger partial charge in [-0.2, -0.15) is 0 Å². The van der Waals surface area contributed by atoms with Crippen LogP contribution < -0.4 is 4.74 Å². The average molecular weight is 559 g/mol. The van der Waals surface area contributed by atoms with E-state index in [2.05, 4.69) is 0 Å². The van der Waals surface area contributed by atoms with Crippen molar-refractivity contribution in [2.24, 2.45) is 0 Å². The normalized spacial score (nSPS) is 21.9. The number of carbonyl (C=O) groups excluding carboxylic acids is 5. The third-order valence-electron chi connectivity index (χ3n) is 5.70. The van der Waals surface area contributed by atoms with Crippen LogP contribution in [0.2, 0.25) is 0 Å². The summed E-state index contributed by atoms with van der Waals surface area (Å²) in [4.78, 5) is 59.4. The SMILES string of the molecule is COC(=O)c1ccc(-c2ccccc2O[C@@H]2O[C@H](COC(C)=O)[C@@H](OC(C)=O)[C@H](OC(C)=O)[C@@H]2OC(C)=O)cc1. The Kier molecular flexibility index (Phi) is 10.2. The molecule has 1 aliphatic heterocycles. The Hall–Kier alpha value is -4.45. The molecule has 0 bridgehead atoms. The van der Waals surface area contributed by atoms with Crippen LogP contribution in [0.5, 0.6) is 5.75 Å². The van der Waals surface area contributed by atoms with Gasteiger partial charge in [0.15, 0.2) is 12.2 Å². The van der Waals surface area contributed by atoms with Crippen molar-refractivity contribution in [1.29, 1.82) is 0 Å². The van der Waals surface area contributed by atoms with Crippen molar-refractivity contribution in [1.82, 2.24) is 0 Å². The van der Waals surface area contributed by atoms with Crippen molar-refractivity contribution in [3.8, 4) is 16.9 Å². The van der Waals surface area contributed by atoms with Crippen LogP contribution in [0.15, 0.2) is 48.5 Å². The number of methoxy groups -OCH3 is 1. The number of esters is 5. The standard InChI is InChI=1S/C28H30O12/c1-15(29)35-14-23-24(36-16(2)30)25(37-17(3)31)26(38-18(4)32)28(40-23)39-22-9-7-6-8-21(22)19-10-12-20(13-11-19)27(33)34-5/h6-13,23-26,28H,14H2,1-5H3/t23-,24-,25+,26+,28-/m1/s1. The van der Waals surface area contributed by atoms with Crippen molar-refractivity contribution in [2.75, 3.05) is 13.7 Å². The minimum absolute atomic E-state index is 0.286. The number of hydrogen-bond acceptors (Lipinski definition) is 12. The van der Waals surface area contributed by atoms with Gasteiger partial charge in [-0.3, -0.25) is 19.2 Å². The van der Waals surface area contributed by atoms with Crippen molar-refractivity contribution >= 4 is 29.8 Å². The fraction of sp³-hybridized carbons (Fsp3) is 0.393. The number of rotatable bonds is 9. The molecular formula is C28H30O12. The second kappa shape index (κ2) is 13.6. The van der Waals surface area contributed by atoms with Crippen molar-refractivity contribution in [3.05, 3.63) is 54.1 Å². The van der Waals surface area contributed by atoms with Crippen LogP contribution >= 0.6 is 0 Å². The lowest BCUT2D eigenvalue weighted by molar-refractivity contribution is -0.288. The molecule has 12 heteroatoms. The number of para-hydroxylation sites is 1. The van der Waals surface area contributed by atoms with Crippen LogP contribution in [0, 0.1) is 0 Å². The van der Waals surface area contributed by atoms with Gasteiger partial charge in [-0.25, -0.2) is 4.79 Å². The van der Waals surface area contributed by atoms with Crippen LogP contribution in [-0.4, -0.2) is 74.3 Å². The summed E-state index contributed by atoms with van der Waals surface area (Å²) in [6.07, 6.45) is -6.59. The molecule has 0 radical (unpaired) electrons. The van der Waals surface area contributed by atoms with E-state index in [9.17, 15) is 24.0 Å². The molecule has 12 nitrogen and oxygen atoms in total. The summed E-state index contributed by atoms with van der Waals surface area (Å²) in [6.45, 7) is 4.22. The van der Waals surface area contributed by atoms with Crippen LogP contribution in [-0.2, 0) is 47.6 Å². The van der Waals surface area contributed by atoms with Gasteiger partial charge in [-0.05, 0) is 23.8 Å². The Bertz CT molecular complexity index is 1240. The molecule has 3 rings (SSSR count). The molecule has 1 saturated heterocycles. The third-order valence-corrected chi connectivity index (χ3v) is 5.70. The number of hydrogen-bond donors (Lipinski definition) is 0. The van der Waals surface area contributed by atoms with Gasteiger partial charge < -0.3 is 33.2 Å². The molecule has 0 unspecified atom stereocenters. The predicted molar refractivity (Wildman–Crippen MR) is 136 cm³/mol. The van der Waals surface area contributed by atoms with E-state index in [4.69, 9.17) is 33.2 Å². The number of benzene rings is 2. The quantitative estimate of drug-likeness (QED) is 0.329. The molecule has 214 valence electrons. The smallest absolute Gasteiger partial charge is 0.337 e. The maximum absolute atomic E-state index is 12.1. The van der Waals surface area contributed by atoms with Gasteiger partial charge in [0.2, 0.25) is 12.4 Å². The highest BCUT2D eigenvalue weighted by molar-refractivity contribution is 5.90. The average Bonchev–Trinajstić information content (AvgIpc) is 2.90. The van der Waals surface area contributed by atoms with E-state index in [-0.39, 0.29) is 12.4 Å². The Morgan fingerprint density at radius 1 is 0.725 bits per heavy atom. The highest BCUT2D eigenvalue weighted by atomic mass is 16.7. The summed E-state index contributed by atoms with van der Waals surface area (Å²) >= 11 is 0. The predicted octanol–water partition coefficient (Wildman–Crippen LogP) is 2.60. The molecule has 0 amide bonds. The fourth-order valence-corrected chi connectivity index (χ4v) is 4.12. The van der Waals surface area contributed by atoms with Crippen molar-refractivity contribution in [3.63, 3.8) is 0 Å². The largest absolute Gasteiger partial charge is 0.465 e. The Morgan fingerprint density at radius 2 is 1.30 bits per heavy atom. The monoisotopic (exact) mass is 558 g/mol. The van der Waals surface area contributed by atoms with Crippen molar-refractivity contribution in [2.45, 2.75) is 58.4 Å². The van der Waals surface area contributed by atoms with E-state index in [0.717, 1.165) is 20.8 Å². The number of carbonyl (C=O) groups is 5. The molecule has 0 aliphatic carbocycles. The molecule has 1 heterocycles. The first kappa shape index (κ1) is 30.1. The molecule has 40 heavy (non-hydrogen) atoms. The summed E-state index contributed by atoms with van der Waals surface area (Å²) in [7, 11) is 1.28. The summed E-state index contributed by atoms with van der Waals surface area (Å²) < 4.78 is 38.3. The van der Waals surface area contributed by atoms with Crippen LogP contribution in [0.1, 0.15) is 38.1 Å². The zero-order chi connectivity index (χ0) is 29.4. The van der Waals surface area contributed by atoms with Gasteiger partial charge in [0.25, 0.3) is 0 Å². The first-order valence-electron chi connectivity index (χ1n) is 12.2. The van der Waals surface area contributed by atoms with Crippen LogP contribution in [0.25, 0.3) is 11.1 Å². The molecule has 0 N–H and O–H groups in total. The molecule has 2 aromatic carbocycles. The zero-order valence-electron chi connectivity index (χ0n) is 22.6. The summed E-state index contributed by atoms with van der Waals surface area (Å²) in [5.74, 6) is -3.07.